The van der Waals surface area contributed by atoms with Crippen LogP contribution in [0, 0.1) is 12.3 Å². The van der Waals surface area contributed by atoms with E-state index >= 15 is 0 Å². The molecular weight excluding hydrogens is 528 g/mol. The fourth-order valence-corrected chi connectivity index (χ4v) is 4.17. The summed E-state index contributed by atoms with van der Waals surface area (Å²) in [4.78, 5) is 32.5. The number of terminal acetylenes is 1. The number of fused-ring (bicyclic) bond motifs is 1. The Morgan fingerprint density at radius 2 is 1.84 bits per heavy atom. The van der Waals surface area contributed by atoms with Crippen molar-refractivity contribution in [3.8, 4) is 12.3 Å². The van der Waals surface area contributed by atoms with Crippen LogP contribution in [0.4, 0.5) is 19.1 Å². The molecule has 0 aliphatic carbocycles. The van der Waals surface area contributed by atoms with E-state index < -0.39 is 17.8 Å². The minimum Gasteiger partial charge on any atom is -0.349 e. The Balaban J connectivity index is 0.00000380. The van der Waals surface area contributed by atoms with Crippen LogP contribution in [0.3, 0.4) is 0 Å². The lowest BCUT2D eigenvalue weighted by molar-refractivity contribution is -0.137. The molecule has 0 saturated carbocycles. The number of rotatable bonds is 5. The van der Waals surface area contributed by atoms with Gasteiger partial charge in [-0.3, -0.25) is 14.2 Å². The molecule has 0 bridgehead atoms. The fourth-order valence-electron chi connectivity index (χ4n) is 4.05. The largest absolute Gasteiger partial charge is 0.416 e. The number of alkyl halides is 3. The lowest BCUT2D eigenvalue weighted by atomic mass is 10.0. The van der Waals surface area contributed by atoms with Crippen molar-refractivity contribution < 1.29 is 18.0 Å². The van der Waals surface area contributed by atoms with Gasteiger partial charge in [0.1, 0.15) is 0 Å². The molecule has 194 valence electrons. The minimum atomic E-state index is -4.43. The molecule has 0 spiro atoms. The SMILES string of the molecule is C#CCn1c(NC(C)c2ccc(C(F)(F)F)cc2)nc2c(c1=O)CN(C(=O)c1ccc(Cl)cc1)CC2.Cl. The van der Waals surface area contributed by atoms with E-state index in [1.165, 1.54) is 16.7 Å². The lowest BCUT2D eigenvalue weighted by Crippen LogP contribution is -2.41. The molecule has 4 rings (SSSR count). The van der Waals surface area contributed by atoms with Gasteiger partial charge in [0.05, 0.1) is 36.0 Å². The smallest absolute Gasteiger partial charge is 0.349 e. The molecule has 11 heteroatoms. The summed E-state index contributed by atoms with van der Waals surface area (Å²) < 4.78 is 40.0. The molecule has 0 saturated heterocycles. The average molecular weight is 551 g/mol. The molecule has 1 unspecified atom stereocenters. The first kappa shape index (κ1) is 28.1. The number of hydrogen-bond donors (Lipinski definition) is 1. The van der Waals surface area contributed by atoms with Gasteiger partial charge < -0.3 is 10.2 Å². The van der Waals surface area contributed by atoms with Crippen molar-refractivity contribution in [2.45, 2.75) is 38.7 Å². The maximum atomic E-state index is 13.4. The van der Waals surface area contributed by atoms with Gasteiger partial charge in [-0.15, -0.1) is 18.8 Å². The van der Waals surface area contributed by atoms with E-state index in [1.54, 1.807) is 36.1 Å². The minimum absolute atomic E-state index is 0. The number of hydrogen-bond acceptors (Lipinski definition) is 4. The Bertz CT molecular complexity index is 1380. The summed E-state index contributed by atoms with van der Waals surface area (Å²) in [5.41, 5.74) is 0.869. The number of benzene rings is 2. The zero-order valence-electron chi connectivity index (χ0n) is 19.7. The third kappa shape index (κ3) is 6.09. The molecular formula is C26H23Cl2F3N4O2. The highest BCUT2D eigenvalue weighted by atomic mass is 35.5. The fraction of sp³-hybridized carbons (Fsp3) is 0.269. The van der Waals surface area contributed by atoms with E-state index in [9.17, 15) is 22.8 Å². The summed E-state index contributed by atoms with van der Waals surface area (Å²) in [6.07, 6.45) is 1.43. The monoisotopic (exact) mass is 550 g/mol. The van der Waals surface area contributed by atoms with E-state index in [0.717, 1.165) is 12.1 Å². The topological polar surface area (TPSA) is 67.2 Å². The van der Waals surface area contributed by atoms with E-state index in [2.05, 4.69) is 16.2 Å². The number of nitrogens with one attached hydrogen (secondary N) is 1. The van der Waals surface area contributed by atoms with E-state index in [1.807, 2.05) is 0 Å². The maximum absolute atomic E-state index is 13.4. The van der Waals surface area contributed by atoms with Crippen LogP contribution in [0.5, 0.6) is 0 Å². The molecule has 37 heavy (non-hydrogen) atoms. The normalized spacial score (nSPS) is 13.7. The van der Waals surface area contributed by atoms with Crippen molar-refractivity contribution in [2.24, 2.45) is 0 Å². The maximum Gasteiger partial charge on any atom is 0.416 e. The molecule has 0 radical (unpaired) electrons. The Morgan fingerprint density at radius 1 is 1.19 bits per heavy atom. The van der Waals surface area contributed by atoms with Crippen molar-refractivity contribution in [1.29, 1.82) is 0 Å². The number of carbonyl (C=O) groups is 1. The third-order valence-electron chi connectivity index (χ3n) is 6.03. The van der Waals surface area contributed by atoms with Crippen LogP contribution in [-0.4, -0.2) is 26.9 Å². The Hall–Kier alpha value is -3.48. The second kappa shape index (κ2) is 11.3. The van der Waals surface area contributed by atoms with Crippen LogP contribution in [0.25, 0.3) is 0 Å². The number of anilines is 1. The molecule has 1 aromatic heterocycles. The van der Waals surface area contributed by atoms with Crippen molar-refractivity contribution in [3.63, 3.8) is 0 Å². The molecule has 1 aliphatic heterocycles. The molecule has 6 nitrogen and oxygen atoms in total. The van der Waals surface area contributed by atoms with Crippen molar-refractivity contribution in [3.05, 3.63) is 91.9 Å². The second-order valence-corrected chi connectivity index (χ2v) is 8.86. The van der Waals surface area contributed by atoms with Crippen LogP contribution >= 0.6 is 24.0 Å². The van der Waals surface area contributed by atoms with Gasteiger partial charge in [-0.2, -0.15) is 13.2 Å². The molecule has 3 aromatic rings. The van der Waals surface area contributed by atoms with Gasteiger partial charge in [0, 0.05) is 23.6 Å². The van der Waals surface area contributed by atoms with Gasteiger partial charge in [-0.25, -0.2) is 4.98 Å². The molecule has 2 heterocycles. The first-order valence-corrected chi connectivity index (χ1v) is 11.5. The zero-order valence-corrected chi connectivity index (χ0v) is 21.3. The van der Waals surface area contributed by atoms with E-state index in [0.29, 0.717) is 40.4 Å². The number of halogens is 5. The Morgan fingerprint density at radius 3 is 2.43 bits per heavy atom. The molecule has 2 aromatic carbocycles. The number of amides is 1. The summed E-state index contributed by atoms with van der Waals surface area (Å²) in [6, 6.07) is 10.8. The van der Waals surface area contributed by atoms with Crippen molar-refractivity contribution >= 4 is 35.9 Å². The molecule has 1 atom stereocenters. The van der Waals surface area contributed by atoms with Crippen LogP contribution in [-0.2, 0) is 25.7 Å². The van der Waals surface area contributed by atoms with Crippen LogP contribution in [0.2, 0.25) is 5.02 Å². The quantitative estimate of drug-likeness (QED) is 0.435. The zero-order chi connectivity index (χ0) is 26.0. The highest BCUT2D eigenvalue weighted by Crippen LogP contribution is 2.30. The predicted molar refractivity (Wildman–Crippen MR) is 138 cm³/mol. The van der Waals surface area contributed by atoms with Gasteiger partial charge in [0.25, 0.3) is 11.5 Å². The Kier molecular flexibility index (Phi) is 8.57. The average Bonchev–Trinajstić information content (AvgIpc) is 2.86. The van der Waals surface area contributed by atoms with Gasteiger partial charge in [0.15, 0.2) is 0 Å². The van der Waals surface area contributed by atoms with Crippen LogP contribution in [0.15, 0.2) is 53.3 Å². The molecule has 1 aliphatic rings. The van der Waals surface area contributed by atoms with E-state index in [-0.39, 0.29) is 42.9 Å². The second-order valence-electron chi connectivity index (χ2n) is 8.43. The predicted octanol–water partition coefficient (Wildman–Crippen LogP) is 5.34. The van der Waals surface area contributed by atoms with Crippen molar-refractivity contribution in [2.75, 3.05) is 11.9 Å². The summed E-state index contributed by atoms with van der Waals surface area (Å²) in [5.74, 6) is 2.44. The number of aromatic nitrogens is 2. The third-order valence-corrected chi connectivity index (χ3v) is 6.28. The van der Waals surface area contributed by atoms with Gasteiger partial charge in [-0.05, 0) is 48.9 Å². The lowest BCUT2D eigenvalue weighted by Gasteiger charge is -2.29. The first-order chi connectivity index (χ1) is 17.1. The van der Waals surface area contributed by atoms with Gasteiger partial charge in [-0.1, -0.05) is 29.7 Å². The summed E-state index contributed by atoms with van der Waals surface area (Å²) in [7, 11) is 0. The summed E-state index contributed by atoms with van der Waals surface area (Å²) >= 11 is 5.91. The number of carbonyl (C=O) groups excluding carboxylic acids is 1. The van der Waals surface area contributed by atoms with Crippen LogP contribution < -0.4 is 10.9 Å². The van der Waals surface area contributed by atoms with Crippen LogP contribution in [0.1, 0.15) is 45.7 Å². The Labute approximate surface area is 222 Å². The number of nitrogens with zero attached hydrogens (tertiary/aromatic N) is 3. The molecule has 1 amide bonds. The molecule has 1 N–H and O–H groups in total. The van der Waals surface area contributed by atoms with E-state index in [4.69, 9.17) is 18.0 Å². The van der Waals surface area contributed by atoms with Crippen molar-refractivity contribution in [1.82, 2.24) is 14.5 Å². The molecule has 0 fully saturated rings. The standard InChI is InChI=1S/C26H22ClF3N4O2.ClH/c1-3-13-34-24(36)21-15-33(23(35)18-6-10-20(27)11-7-18)14-12-22(21)32-25(34)31-16(2)17-4-8-19(9-5-17)26(28,29)30;/h1,4-11,16H,12-15H2,2H3,(H,31,32);1H. The summed E-state index contributed by atoms with van der Waals surface area (Å²) in [5, 5.41) is 3.62. The van der Waals surface area contributed by atoms with Gasteiger partial charge in [0.2, 0.25) is 5.95 Å². The summed E-state index contributed by atoms with van der Waals surface area (Å²) in [6.45, 7) is 2.14. The first-order valence-electron chi connectivity index (χ1n) is 11.1. The van der Waals surface area contributed by atoms with Gasteiger partial charge >= 0.3 is 6.18 Å². The highest BCUT2D eigenvalue weighted by molar-refractivity contribution is 6.30. The highest BCUT2D eigenvalue weighted by Gasteiger charge is 2.30.